The maximum Gasteiger partial charge on any atom is 0.338 e. The molecule has 8 heteroatoms. The van der Waals surface area contributed by atoms with Gasteiger partial charge in [-0.3, -0.25) is 4.90 Å². The van der Waals surface area contributed by atoms with Crippen molar-refractivity contribution in [3.8, 4) is 5.75 Å². The number of esters is 1. The van der Waals surface area contributed by atoms with Crippen LogP contribution in [0.3, 0.4) is 0 Å². The first-order chi connectivity index (χ1) is 13.9. The van der Waals surface area contributed by atoms with Gasteiger partial charge in [-0.2, -0.15) is 0 Å². The molecule has 1 aliphatic rings. The summed E-state index contributed by atoms with van der Waals surface area (Å²) in [4.78, 5) is 26.6. The average molecular weight is 419 g/mol. The number of rotatable bonds is 6. The number of halogens is 2. The van der Waals surface area contributed by atoms with Gasteiger partial charge in [0.1, 0.15) is 6.61 Å². The molecular weight excluding hydrogens is 399 g/mol. The molecule has 29 heavy (non-hydrogen) atoms. The molecule has 0 saturated heterocycles. The lowest BCUT2D eigenvalue weighted by Crippen LogP contribution is -2.48. The number of carbonyl (C=O) groups excluding carboxylic acids is 2. The van der Waals surface area contributed by atoms with Crippen LogP contribution >= 0.6 is 11.6 Å². The van der Waals surface area contributed by atoms with Crippen molar-refractivity contribution in [2.45, 2.75) is 13.0 Å². The summed E-state index contributed by atoms with van der Waals surface area (Å²) < 4.78 is 24.7. The predicted molar refractivity (Wildman–Crippen MR) is 106 cm³/mol. The fourth-order valence-electron chi connectivity index (χ4n) is 3.03. The Kier molecular flexibility index (Phi) is 6.39. The van der Waals surface area contributed by atoms with Crippen molar-refractivity contribution in [2.24, 2.45) is 0 Å². The summed E-state index contributed by atoms with van der Waals surface area (Å²) in [5.41, 5.74) is 1.10. The molecule has 0 radical (unpaired) electrons. The summed E-state index contributed by atoms with van der Waals surface area (Å²) >= 11 is 6.09. The second-order valence-electron chi connectivity index (χ2n) is 6.30. The van der Waals surface area contributed by atoms with Gasteiger partial charge < -0.3 is 14.8 Å². The molecule has 2 aromatic rings. The minimum Gasteiger partial charge on any atom is -0.484 e. The zero-order chi connectivity index (χ0) is 21.0. The molecule has 0 saturated carbocycles. The van der Waals surface area contributed by atoms with E-state index in [9.17, 15) is 14.0 Å². The highest BCUT2D eigenvalue weighted by Crippen LogP contribution is 2.32. The number of hydrogen-bond donors (Lipinski definition) is 1. The van der Waals surface area contributed by atoms with E-state index in [1.165, 1.54) is 24.1 Å². The monoisotopic (exact) mass is 418 g/mol. The summed E-state index contributed by atoms with van der Waals surface area (Å²) in [6, 6.07) is 11.5. The molecule has 0 bridgehead atoms. The van der Waals surface area contributed by atoms with Gasteiger partial charge in [0, 0.05) is 12.1 Å². The molecule has 1 aliphatic heterocycles. The van der Waals surface area contributed by atoms with Crippen molar-refractivity contribution in [3.63, 3.8) is 0 Å². The number of carbonyl (C=O) groups is 2. The molecule has 6 nitrogen and oxygen atoms in total. The number of amides is 2. The minimum atomic E-state index is -0.782. The van der Waals surface area contributed by atoms with Gasteiger partial charge in [-0.15, -0.1) is 0 Å². The molecule has 2 aromatic carbocycles. The fourth-order valence-corrected chi connectivity index (χ4v) is 3.22. The van der Waals surface area contributed by atoms with Crippen LogP contribution < -0.4 is 10.1 Å². The Morgan fingerprint density at radius 1 is 1.24 bits per heavy atom. The van der Waals surface area contributed by atoms with Gasteiger partial charge in [0.05, 0.1) is 23.9 Å². The lowest BCUT2D eigenvalue weighted by Gasteiger charge is -2.34. The zero-order valence-electron chi connectivity index (χ0n) is 15.9. The van der Waals surface area contributed by atoms with E-state index in [1.807, 2.05) is 0 Å². The number of hydrogen-bond acceptors (Lipinski definition) is 4. The molecule has 152 valence electrons. The third kappa shape index (κ3) is 4.51. The van der Waals surface area contributed by atoms with Crippen LogP contribution in [-0.4, -0.2) is 37.2 Å². The number of urea groups is 1. The Labute approximate surface area is 172 Å². The Balaban J connectivity index is 2.05. The van der Waals surface area contributed by atoms with E-state index in [-0.39, 0.29) is 30.2 Å². The highest BCUT2D eigenvalue weighted by molar-refractivity contribution is 6.30. The molecule has 0 fully saturated rings. The summed E-state index contributed by atoms with van der Waals surface area (Å²) in [5.74, 6) is -1.13. The average Bonchev–Trinajstić information content (AvgIpc) is 2.70. The van der Waals surface area contributed by atoms with Crippen LogP contribution in [0.15, 0.2) is 59.8 Å². The fraction of sp³-hybridized carbons (Fsp3) is 0.238. The van der Waals surface area contributed by atoms with Crippen molar-refractivity contribution >= 4 is 23.6 Å². The number of para-hydroxylation sites is 1. The second kappa shape index (κ2) is 8.96. The van der Waals surface area contributed by atoms with Crippen LogP contribution in [0.2, 0.25) is 5.02 Å². The third-order valence-corrected chi connectivity index (χ3v) is 4.69. The van der Waals surface area contributed by atoms with E-state index in [2.05, 4.69) is 5.32 Å². The van der Waals surface area contributed by atoms with Gasteiger partial charge in [-0.1, -0.05) is 35.9 Å². The van der Waals surface area contributed by atoms with Crippen molar-refractivity contribution < 1.29 is 23.5 Å². The maximum atomic E-state index is 13.9. The zero-order valence-corrected chi connectivity index (χ0v) is 16.7. The molecule has 1 atom stereocenters. The minimum absolute atomic E-state index is 0.0156. The van der Waals surface area contributed by atoms with Crippen molar-refractivity contribution in [2.75, 3.05) is 20.3 Å². The van der Waals surface area contributed by atoms with Crippen LogP contribution in [0.1, 0.15) is 18.5 Å². The Morgan fingerprint density at radius 3 is 2.69 bits per heavy atom. The van der Waals surface area contributed by atoms with E-state index in [0.29, 0.717) is 10.6 Å². The molecule has 0 aromatic heterocycles. The van der Waals surface area contributed by atoms with Crippen molar-refractivity contribution in [1.29, 1.82) is 0 Å². The molecule has 2 amide bonds. The molecular formula is C21H20ClFN2O4. The first kappa shape index (κ1) is 20.7. The molecule has 3 rings (SSSR count). The molecule has 1 N–H and O–H groups in total. The summed E-state index contributed by atoms with van der Waals surface area (Å²) in [7, 11) is 1.50. The van der Waals surface area contributed by atoms with E-state index in [4.69, 9.17) is 21.1 Å². The Hall–Kier alpha value is -3.06. The van der Waals surface area contributed by atoms with Crippen molar-refractivity contribution in [1.82, 2.24) is 10.2 Å². The number of nitrogens with one attached hydrogen (secondary N) is 1. The van der Waals surface area contributed by atoms with E-state index in [0.717, 1.165) is 0 Å². The van der Waals surface area contributed by atoms with Gasteiger partial charge in [0.15, 0.2) is 11.6 Å². The van der Waals surface area contributed by atoms with E-state index in [1.54, 1.807) is 43.3 Å². The highest BCUT2D eigenvalue weighted by Gasteiger charge is 2.37. The maximum absolute atomic E-state index is 13.9. The molecule has 0 spiro atoms. The lowest BCUT2D eigenvalue weighted by molar-refractivity contribution is -0.139. The van der Waals surface area contributed by atoms with Gasteiger partial charge in [-0.25, -0.2) is 14.0 Å². The molecule has 0 aliphatic carbocycles. The normalized spacial score (nSPS) is 16.5. The van der Waals surface area contributed by atoms with Crippen LogP contribution in [-0.2, 0) is 9.53 Å². The third-order valence-electron chi connectivity index (χ3n) is 4.46. The summed E-state index contributed by atoms with van der Waals surface area (Å²) in [5, 5.41) is 3.24. The topological polar surface area (TPSA) is 67.9 Å². The van der Waals surface area contributed by atoms with Crippen LogP contribution in [0.4, 0.5) is 9.18 Å². The van der Waals surface area contributed by atoms with Crippen LogP contribution in [0, 0.1) is 5.82 Å². The van der Waals surface area contributed by atoms with Gasteiger partial charge in [0.25, 0.3) is 0 Å². The van der Waals surface area contributed by atoms with Gasteiger partial charge >= 0.3 is 12.0 Å². The van der Waals surface area contributed by atoms with Crippen molar-refractivity contribution in [3.05, 3.63) is 76.2 Å². The Bertz CT molecular complexity index is 963. The Morgan fingerprint density at radius 2 is 2.00 bits per heavy atom. The number of nitrogens with zero attached hydrogens (tertiary/aromatic N) is 1. The number of likely N-dealkylation sites (N-methyl/N-ethyl adjacent to an activating group) is 1. The second-order valence-corrected chi connectivity index (χ2v) is 6.73. The lowest BCUT2D eigenvalue weighted by atomic mass is 9.95. The first-order valence-corrected chi connectivity index (χ1v) is 9.37. The number of ether oxygens (including phenoxy) is 2. The SMILES string of the molecule is CCOC(=O)C1=C(COc2ccccc2F)N(C)C(=O)N[C@@H]1c1cccc(Cl)c1. The van der Waals surface area contributed by atoms with Gasteiger partial charge in [0.2, 0.25) is 0 Å². The molecule has 0 unspecified atom stereocenters. The largest absolute Gasteiger partial charge is 0.484 e. The number of benzene rings is 2. The standard InChI is InChI=1S/C21H20ClFN2O4/c1-3-28-20(26)18-16(12-29-17-10-5-4-9-15(17)23)25(2)21(27)24-19(18)13-7-6-8-14(22)11-13/h4-11,19H,3,12H2,1-2H3,(H,24,27)/t19-/m1/s1. The summed E-state index contributed by atoms with van der Waals surface area (Å²) in [6.45, 7) is 1.65. The predicted octanol–water partition coefficient (Wildman–Crippen LogP) is 4.07. The first-order valence-electron chi connectivity index (χ1n) is 8.99. The summed E-state index contributed by atoms with van der Waals surface area (Å²) in [6.07, 6.45) is 0. The van der Waals surface area contributed by atoms with E-state index >= 15 is 0 Å². The van der Waals surface area contributed by atoms with Crippen LogP contribution in [0.25, 0.3) is 0 Å². The van der Waals surface area contributed by atoms with E-state index < -0.39 is 23.9 Å². The molecule has 1 heterocycles. The smallest absolute Gasteiger partial charge is 0.338 e. The van der Waals surface area contributed by atoms with Crippen LogP contribution in [0.5, 0.6) is 5.75 Å². The highest BCUT2D eigenvalue weighted by atomic mass is 35.5. The quantitative estimate of drug-likeness (QED) is 0.718. The van der Waals surface area contributed by atoms with Gasteiger partial charge in [-0.05, 0) is 36.8 Å².